The zero-order valence-corrected chi connectivity index (χ0v) is 7.82. The first-order valence-corrected chi connectivity index (χ1v) is 4.39. The monoisotopic (exact) mass is 200 g/mol. The number of rotatable bonds is 1. The number of carboxylic acids is 1. The van der Waals surface area contributed by atoms with Gasteiger partial charge in [0.25, 0.3) is 0 Å². The number of nitrogens with one attached hydrogen (secondary N) is 1. The number of nitrogens with zero attached hydrogens (tertiary/aromatic N) is 1. The second kappa shape index (κ2) is 3.84. The van der Waals surface area contributed by atoms with E-state index in [1.165, 1.54) is 0 Å². The van der Waals surface area contributed by atoms with E-state index in [1.54, 1.807) is 12.4 Å². The van der Waals surface area contributed by atoms with Crippen LogP contribution in [0.4, 0.5) is 0 Å². The average Bonchev–Trinajstić information content (AvgIpc) is 2.64. The summed E-state index contributed by atoms with van der Waals surface area (Å²) >= 11 is 0. The Bertz CT molecular complexity index is 560. The lowest BCUT2D eigenvalue weighted by atomic mass is 10.2. The predicted octanol–water partition coefficient (Wildman–Crippen LogP) is 1.39. The minimum atomic E-state index is -0.918. The summed E-state index contributed by atoms with van der Waals surface area (Å²) in [4.78, 5) is 17.3. The van der Waals surface area contributed by atoms with Crippen molar-refractivity contribution in [2.75, 3.05) is 0 Å². The van der Waals surface area contributed by atoms with Crippen LogP contribution in [-0.2, 0) is 4.79 Å². The molecule has 15 heavy (non-hydrogen) atoms. The quantitative estimate of drug-likeness (QED) is 0.683. The van der Waals surface area contributed by atoms with E-state index in [0.717, 1.165) is 16.6 Å². The van der Waals surface area contributed by atoms with Crippen LogP contribution in [0.1, 0.15) is 12.0 Å². The Hall–Kier alpha value is -2.28. The van der Waals surface area contributed by atoms with Crippen molar-refractivity contribution < 1.29 is 9.90 Å². The lowest BCUT2D eigenvalue weighted by Crippen LogP contribution is -1.90. The Morgan fingerprint density at radius 3 is 3.27 bits per heavy atom. The molecule has 2 N–H and O–H groups in total. The molecule has 0 aliphatic carbocycles. The summed E-state index contributed by atoms with van der Waals surface area (Å²) in [6.45, 7) is 0. The summed E-state index contributed by atoms with van der Waals surface area (Å²) in [6, 6.07) is 3.76. The van der Waals surface area contributed by atoms with Crippen LogP contribution < -0.4 is 0 Å². The Morgan fingerprint density at radius 2 is 2.47 bits per heavy atom. The van der Waals surface area contributed by atoms with Crippen LogP contribution >= 0.6 is 0 Å². The first-order chi connectivity index (χ1) is 7.25. The molecule has 2 aromatic heterocycles. The number of aromatic amines is 1. The number of H-pyrrole nitrogens is 1. The highest BCUT2D eigenvalue weighted by Gasteiger charge is 1.95. The van der Waals surface area contributed by atoms with E-state index >= 15 is 0 Å². The van der Waals surface area contributed by atoms with Crippen molar-refractivity contribution in [3.63, 3.8) is 0 Å². The van der Waals surface area contributed by atoms with Gasteiger partial charge < -0.3 is 10.1 Å². The largest absolute Gasteiger partial charge is 0.481 e. The standard InChI is InChI=1S/C11H8N2O2/c14-10(15)3-1-2-8-6-9-4-5-12-11(9)13-7-8/h4-7H,3H2,(H,12,13)(H,14,15). The van der Waals surface area contributed by atoms with Crippen LogP contribution in [0.2, 0.25) is 0 Å². The molecule has 4 nitrogen and oxygen atoms in total. The van der Waals surface area contributed by atoms with Crippen molar-refractivity contribution in [2.24, 2.45) is 0 Å². The third-order valence-corrected chi connectivity index (χ3v) is 1.87. The molecule has 4 heteroatoms. The molecule has 0 aliphatic rings. The molecule has 0 aromatic carbocycles. The topological polar surface area (TPSA) is 66.0 Å². The SMILES string of the molecule is O=C(O)CC#Cc1cnc2[nH]ccc2c1. The van der Waals surface area contributed by atoms with Crippen LogP contribution in [0.3, 0.4) is 0 Å². The first kappa shape index (κ1) is 9.28. The van der Waals surface area contributed by atoms with Gasteiger partial charge in [0.05, 0.1) is 0 Å². The summed E-state index contributed by atoms with van der Waals surface area (Å²) in [5, 5.41) is 9.38. The fraction of sp³-hybridized carbons (Fsp3) is 0.0909. The molecule has 0 radical (unpaired) electrons. The molecule has 0 atom stereocenters. The zero-order chi connectivity index (χ0) is 10.7. The number of carboxylic acid groups (broad SMARTS) is 1. The van der Waals surface area contributed by atoms with Gasteiger partial charge in [-0.05, 0) is 12.1 Å². The van der Waals surface area contributed by atoms with Crippen molar-refractivity contribution in [1.82, 2.24) is 9.97 Å². The lowest BCUT2D eigenvalue weighted by Gasteiger charge is -1.90. The average molecular weight is 200 g/mol. The molecule has 0 spiro atoms. The number of hydrogen-bond acceptors (Lipinski definition) is 2. The van der Waals surface area contributed by atoms with Crippen molar-refractivity contribution in [3.8, 4) is 11.8 Å². The highest BCUT2D eigenvalue weighted by molar-refractivity contribution is 5.76. The summed E-state index contributed by atoms with van der Waals surface area (Å²) in [6.07, 6.45) is 3.27. The molecule has 74 valence electrons. The number of aromatic nitrogens is 2. The maximum absolute atomic E-state index is 10.2. The van der Waals surface area contributed by atoms with Gasteiger partial charge in [-0.1, -0.05) is 11.8 Å². The molecule has 2 heterocycles. The first-order valence-electron chi connectivity index (χ1n) is 4.39. The Morgan fingerprint density at radius 1 is 1.60 bits per heavy atom. The van der Waals surface area contributed by atoms with Gasteiger partial charge in [0.1, 0.15) is 12.1 Å². The van der Waals surface area contributed by atoms with Gasteiger partial charge in [0, 0.05) is 23.3 Å². The van der Waals surface area contributed by atoms with E-state index in [0.29, 0.717) is 0 Å². The highest BCUT2D eigenvalue weighted by atomic mass is 16.4. The van der Waals surface area contributed by atoms with E-state index in [4.69, 9.17) is 5.11 Å². The van der Waals surface area contributed by atoms with E-state index in [2.05, 4.69) is 21.8 Å². The number of aliphatic carboxylic acids is 1. The number of pyridine rings is 1. The van der Waals surface area contributed by atoms with Gasteiger partial charge in [0.2, 0.25) is 0 Å². The predicted molar refractivity (Wildman–Crippen MR) is 55.2 cm³/mol. The molecule has 0 saturated heterocycles. The summed E-state index contributed by atoms with van der Waals surface area (Å²) < 4.78 is 0. The van der Waals surface area contributed by atoms with Gasteiger partial charge in [-0.3, -0.25) is 4.79 Å². The van der Waals surface area contributed by atoms with E-state index in [-0.39, 0.29) is 6.42 Å². The van der Waals surface area contributed by atoms with Gasteiger partial charge in [-0.25, -0.2) is 4.98 Å². The summed E-state index contributed by atoms with van der Waals surface area (Å²) in [5.74, 6) is 4.39. The van der Waals surface area contributed by atoms with Crippen LogP contribution in [0.25, 0.3) is 11.0 Å². The summed E-state index contributed by atoms with van der Waals surface area (Å²) in [7, 11) is 0. The molecule has 2 aromatic rings. The summed E-state index contributed by atoms with van der Waals surface area (Å²) in [5.41, 5.74) is 1.53. The molecule has 0 fully saturated rings. The van der Waals surface area contributed by atoms with E-state index in [1.807, 2.05) is 12.1 Å². The third-order valence-electron chi connectivity index (χ3n) is 1.87. The van der Waals surface area contributed by atoms with Crippen molar-refractivity contribution in [2.45, 2.75) is 6.42 Å². The Kier molecular flexibility index (Phi) is 2.38. The molecule has 0 amide bonds. The van der Waals surface area contributed by atoms with Crippen LogP contribution in [0, 0.1) is 11.8 Å². The van der Waals surface area contributed by atoms with Gasteiger partial charge in [-0.15, -0.1) is 0 Å². The maximum Gasteiger partial charge on any atom is 0.315 e. The molecule has 0 bridgehead atoms. The fourth-order valence-corrected chi connectivity index (χ4v) is 1.23. The molecule has 0 saturated carbocycles. The van der Waals surface area contributed by atoms with E-state index in [9.17, 15) is 4.79 Å². The molecular weight excluding hydrogens is 192 g/mol. The fourth-order valence-electron chi connectivity index (χ4n) is 1.23. The lowest BCUT2D eigenvalue weighted by molar-refractivity contribution is -0.135. The molecule has 0 unspecified atom stereocenters. The van der Waals surface area contributed by atoms with Crippen LogP contribution in [-0.4, -0.2) is 21.0 Å². The maximum atomic E-state index is 10.2. The van der Waals surface area contributed by atoms with Crippen molar-refractivity contribution >= 4 is 17.0 Å². The second-order valence-corrected chi connectivity index (χ2v) is 3.01. The van der Waals surface area contributed by atoms with Crippen molar-refractivity contribution in [3.05, 3.63) is 30.1 Å². The van der Waals surface area contributed by atoms with Crippen LogP contribution in [0.15, 0.2) is 24.5 Å². The zero-order valence-electron chi connectivity index (χ0n) is 7.82. The molecule has 2 rings (SSSR count). The Labute approximate surface area is 86.0 Å². The van der Waals surface area contributed by atoms with Gasteiger partial charge in [-0.2, -0.15) is 0 Å². The minimum Gasteiger partial charge on any atom is -0.481 e. The number of fused-ring (bicyclic) bond motifs is 1. The van der Waals surface area contributed by atoms with E-state index < -0.39 is 5.97 Å². The second-order valence-electron chi connectivity index (χ2n) is 3.01. The Balaban J connectivity index is 2.27. The van der Waals surface area contributed by atoms with Gasteiger partial charge in [0.15, 0.2) is 0 Å². The smallest absolute Gasteiger partial charge is 0.315 e. The third kappa shape index (κ3) is 2.15. The minimum absolute atomic E-state index is 0.148. The number of carbonyl (C=O) groups is 1. The molecule has 0 aliphatic heterocycles. The normalized spacial score (nSPS) is 9.60. The van der Waals surface area contributed by atoms with Crippen molar-refractivity contribution in [1.29, 1.82) is 0 Å². The van der Waals surface area contributed by atoms with Crippen LogP contribution in [0.5, 0.6) is 0 Å². The molecular formula is C11H8N2O2. The highest BCUT2D eigenvalue weighted by Crippen LogP contribution is 2.10. The van der Waals surface area contributed by atoms with Gasteiger partial charge >= 0.3 is 5.97 Å². The number of hydrogen-bond donors (Lipinski definition) is 2.